The Morgan fingerprint density at radius 1 is 0.794 bits per heavy atom. The van der Waals surface area contributed by atoms with Gasteiger partial charge in [0, 0.05) is 32.9 Å². The van der Waals surface area contributed by atoms with Crippen LogP contribution in [0.3, 0.4) is 0 Å². The van der Waals surface area contributed by atoms with Gasteiger partial charge in [0.15, 0.2) is 0 Å². The van der Waals surface area contributed by atoms with Gasteiger partial charge in [-0.05, 0) is 69.5 Å². The van der Waals surface area contributed by atoms with E-state index in [0.717, 1.165) is 19.3 Å². The molecule has 0 aliphatic heterocycles. The van der Waals surface area contributed by atoms with Crippen molar-refractivity contribution < 1.29 is 4.79 Å². The minimum Gasteiger partial charge on any atom is -0.299 e. The molecule has 0 aromatic heterocycles. The lowest BCUT2D eigenvalue weighted by Crippen LogP contribution is -2.40. The van der Waals surface area contributed by atoms with Crippen LogP contribution < -0.4 is 0 Å². The van der Waals surface area contributed by atoms with Crippen molar-refractivity contribution in [2.45, 2.75) is 57.6 Å². The predicted octanol–water partition coefficient (Wildman–Crippen LogP) is 9.36. The maximum atomic E-state index is 13.4. The maximum absolute atomic E-state index is 13.4. The van der Waals surface area contributed by atoms with E-state index in [1.54, 1.807) is 0 Å². The number of thioether (sulfide) groups is 3. The van der Waals surface area contributed by atoms with Crippen LogP contribution in [0.4, 0.5) is 0 Å². The minimum absolute atomic E-state index is 0.0345. The molecule has 3 aromatic rings. The molecule has 0 N–H and O–H groups in total. The van der Waals surface area contributed by atoms with Gasteiger partial charge in [-0.1, -0.05) is 102 Å². The molecule has 1 nitrogen and oxygen atoms in total. The molecule has 0 amide bonds. The molecule has 1 aliphatic carbocycles. The average molecular weight is 505 g/mol. The fraction of sp³-hybridized carbons (Fsp3) is 0.300. The van der Waals surface area contributed by atoms with Gasteiger partial charge in [-0.3, -0.25) is 4.79 Å². The van der Waals surface area contributed by atoms with Crippen LogP contribution in [-0.4, -0.2) is 9.19 Å². The van der Waals surface area contributed by atoms with Crippen molar-refractivity contribution >= 4 is 41.1 Å². The van der Waals surface area contributed by atoms with Gasteiger partial charge in [-0.25, -0.2) is 0 Å². The van der Waals surface area contributed by atoms with E-state index in [1.807, 2.05) is 35.3 Å². The van der Waals surface area contributed by atoms with Crippen molar-refractivity contribution in [3.63, 3.8) is 0 Å². The topological polar surface area (TPSA) is 17.1 Å². The van der Waals surface area contributed by atoms with Crippen LogP contribution >= 0.6 is 35.3 Å². The minimum atomic E-state index is -0.277. The van der Waals surface area contributed by atoms with Crippen LogP contribution in [0.25, 0.3) is 0 Å². The molecular weight excluding hydrogens is 473 g/mol. The molecule has 3 aromatic carbocycles. The first-order valence-corrected chi connectivity index (χ1v) is 14.4. The molecule has 2 atom stereocenters. The fourth-order valence-corrected chi connectivity index (χ4v) is 9.83. The summed E-state index contributed by atoms with van der Waals surface area (Å²) in [6.45, 7) is 4.26. The van der Waals surface area contributed by atoms with Crippen LogP contribution in [0.5, 0.6) is 0 Å². The summed E-state index contributed by atoms with van der Waals surface area (Å²) in [5, 5.41) is 0. The highest BCUT2D eigenvalue weighted by molar-refractivity contribution is 8.33. The number of carbonyl (C=O) groups excluding carboxylic acids is 1. The molecule has 34 heavy (non-hydrogen) atoms. The number of Topliss-reactive ketones (excluding diaryl/α,β-unsaturated/α-hetero) is 1. The smallest absolute Gasteiger partial charge is 0.136 e. The summed E-state index contributed by atoms with van der Waals surface area (Å²) in [5.41, 5.74) is 1.28. The molecule has 1 saturated carbocycles. The normalized spacial score (nSPS) is 18.5. The summed E-state index contributed by atoms with van der Waals surface area (Å²) in [7, 11) is 0. The fourth-order valence-electron chi connectivity index (χ4n) is 4.44. The molecule has 176 valence electrons. The molecule has 4 rings (SSSR count). The van der Waals surface area contributed by atoms with Crippen LogP contribution in [0.2, 0.25) is 0 Å². The number of rotatable bonds is 9. The lowest BCUT2D eigenvalue weighted by Gasteiger charge is -2.44. The lowest BCUT2D eigenvalue weighted by molar-refractivity contribution is -0.126. The largest absolute Gasteiger partial charge is 0.299 e. The molecule has 4 heteroatoms. The zero-order valence-electron chi connectivity index (χ0n) is 19.9. The third kappa shape index (κ3) is 6.62. The van der Waals surface area contributed by atoms with E-state index in [9.17, 15) is 4.79 Å². The van der Waals surface area contributed by atoms with Crippen molar-refractivity contribution in [3.05, 3.63) is 103 Å². The van der Waals surface area contributed by atoms with Gasteiger partial charge in [0.2, 0.25) is 0 Å². The third-order valence-corrected chi connectivity index (χ3v) is 10.9. The van der Waals surface area contributed by atoms with Gasteiger partial charge >= 0.3 is 0 Å². The number of benzene rings is 3. The molecule has 0 spiro atoms. The van der Waals surface area contributed by atoms with Gasteiger partial charge in [0.25, 0.3) is 0 Å². The highest BCUT2D eigenvalue weighted by Gasteiger charge is 2.48. The monoisotopic (exact) mass is 504 g/mol. The average Bonchev–Trinajstić information content (AvgIpc) is 2.85. The number of hydrogen-bond acceptors (Lipinski definition) is 4. The lowest BCUT2D eigenvalue weighted by atomic mass is 9.77. The van der Waals surface area contributed by atoms with Crippen molar-refractivity contribution in [1.29, 1.82) is 0 Å². The first-order valence-electron chi connectivity index (χ1n) is 11.9. The van der Waals surface area contributed by atoms with E-state index in [-0.39, 0.29) is 15.2 Å². The van der Waals surface area contributed by atoms with Gasteiger partial charge in [-0.2, -0.15) is 0 Å². The van der Waals surface area contributed by atoms with E-state index in [0.29, 0.717) is 12.2 Å². The predicted molar refractivity (Wildman–Crippen MR) is 150 cm³/mol. The van der Waals surface area contributed by atoms with E-state index in [1.165, 1.54) is 20.3 Å². The SMILES string of the molecule is CC(C)=CC[C@@H]1C(=O)CCC[C@H]1C(Sc1ccccc1)(Sc1ccccc1)Sc1ccccc1. The van der Waals surface area contributed by atoms with Crippen molar-refractivity contribution in [2.75, 3.05) is 0 Å². The highest BCUT2D eigenvalue weighted by atomic mass is 32.3. The third-order valence-electron chi connectivity index (χ3n) is 6.08. The standard InChI is InChI=1S/C30H32OS3/c1-23(2)21-22-27-28(19-12-20-29(27)31)30(32-24-13-6-3-7-14-24,33-25-15-8-4-9-16-25)34-26-17-10-5-11-18-26/h3-11,13-18,21,27-28H,12,19-20,22H2,1-2H3/t27-,28+/m0/s1. The Labute approximate surface area is 217 Å². The van der Waals surface area contributed by atoms with E-state index in [2.05, 4.69) is 111 Å². The second kappa shape index (κ2) is 12.2. The number of hydrogen-bond donors (Lipinski definition) is 0. The Kier molecular flexibility index (Phi) is 9.04. The van der Waals surface area contributed by atoms with Gasteiger partial charge in [0.05, 0.1) is 0 Å². The van der Waals surface area contributed by atoms with E-state index < -0.39 is 0 Å². The van der Waals surface area contributed by atoms with Crippen LogP contribution in [-0.2, 0) is 4.79 Å². The Morgan fingerprint density at radius 3 is 1.65 bits per heavy atom. The summed E-state index contributed by atoms with van der Waals surface area (Å²) in [6, 6.07) is 32.1. The maximum Gasteiger partial charge on any atom is 0.136 e. The number of ketones is 1. The molecule has 0 heterocycles. The molecule has 1 fully saturated rings. The zero-order chi connectivity index (χ0) is 23.8. The van der Waals surface area contributed by atoms with Gasteiger partial charge in [0.1, 0.15) is 9.19 Å². The Hall–Kier alpha value is -1.88. The second-order valence-corrected chi connectivity index (χ2v) is 13.7. The zero-order valence-corrected chi connectivity index (χ0v) is 22.3. The van der Waals surface area contributed by atoms with Gasteiger partial charge < -0.3 is 0 Å². The highest BCUT2D eigenvalue weighted by Crippen LogP contribution is 2.63. The van der Waals surface area contributed by atoms with Crippen molar-refractivity contribution in [3.8, 4) is 0 Å². The van der Waals surface area contributed by atoms with Crippen molar-refractivity contribution in [1.82, 2.24) is 0 Å². The van der Waals surface area contributed by atoms with E-state index in [4.69, 9.17) is 0 Å². The van der Waals surface area contributed by atoms with E-state index >= 15 is 0 Å². The quantitative estimate of drug-likeness (QED) is 0.164. The van der Waals surface area contributed by atoms with Gasteiger partial charge in [-0.15, -0.1) is 0 Å². The van der Waals surface area contributed by atoms with Crippen LogP contribution in [0.1, 0.15) is 39.5 Å². The second-order valence-electron chi connectivity index (χ2n) is 8.94. The molecule has 0 saturated heterocycles. The number of carbonyl (C=O) groups is 1. The summed E-state index contributed by atoms with van der Waals surface area (Å²) in [4.78, 5) is 17.1. The molecule has 0 bridgehead atoms. The van der Waals surface area contributed by atoms with Crippen molar-refractivity contribution in [2.24, 2.45) is 11.8 Å². The Bertz CT molecular complexity index is 974. The summed E-state index contributed by atoms with van der Waals surface area (Å²) in [6.07, 6.45) is 5.83. The molecular formula is C30H32OS3. The first-order chi connectivity index (χ1) is 16.6. The Balaban J connectivity index is 1.83. The first kappa shape index (κ1) is 25.2. The summed E-state index contributed by atoms with van der Waals surface area (Å²) < 4.78 is -0.277. The Morgan fingerprint density at radius 2 is 1.24 bits per heavy atom. The molecule has 1 aliphatic rings. The number of allylic oxidation sites excluding steroid dienone is 2. The molecule has 0 unspecified atom stereocenters. The summed E-state index contributed by atoms with van der Waals surface area (Å²) >= 11 is 5.78. The van der Waals surface area contributed by atoms with Crippen LogP contribution in [0, 0.1) is 11.8 Å². The molecule has 0 radical (unpaired) electrons. The summed E-state index contributed by atoms with van der Waals surface area (Å²) in [5.74, 6) is 0.700. The van der Waals surface area contributed by atoms with Crippen LogP contribution in [0.15, 0.2) is 117 Å².